The van der Waals surface area contributed by atoms with Crippen LogP contribution in [-0.2, 0) is 25.6 Å². The van der Waals surface area contributed by atoms with Gasteiger partial charge in [0, 0.05) is 12.2 Å². The molecule has 5 unspecified atom stereocenters. The number of hydrogen-bond donors (Lipinski definition) is 7. The van der Waals surface area contributed by atoms with Crippen LogP contribution in [0.3, 0.4) is 0 Å². The second-order valence-corrected chi connectivity index (χ2v) is 9.49. The SMILES string of the molecule is CCC(C)C(NC(=O)C(N)CC(C)C)C(=O)NC(CS)C(=O)NC(Cc1ccc(O)cc1)C(=O)O. The Bertz CT molecular complexity index is 864. The van der Waals surface area contributed by atoms with Crippen molar-refractivity contribution in [1.82, 2.24) is 16.0 Å². The van der Waals surface area contributed by atoms with Crippen molar-refractivity contribution < 1.29 is 29.4 Å². The van der Waals surface area contributed by atoms with Gasteiger partial charge in [-0.15, -0.1) is 0 Å². The number of phenolic OH excluding ortho intramolecular Hbond substituents is 1. The molecule has 7 N–H and O–H groups in total. The zero-order chi connectivity index (χ0) is 26.7. The first kappa shape index (κ1) is 30.2. The molecule has 1 aromatic carbocycles. The number of thiol groups is 1. The Morgan fingerprint density at radius 2 is 1.51 bits per heavy atom. The summed E-state index contributed by atoms with van der Waals surface area (Å²) in [7, 11) is 0. The molecular weight excluding hydrogens is 472 g/mol. The lowest BCUT2D eigenvalue weighted by Gasteiger charge is -2.27. The maximum atomic E-state index is 13.0. The molecule has 3 amide bonds. The highest BCUT2D eigenvalue weighted by Gasteiger charge is 2.32. The molecule has 0 saturated carbocycles. The predicted molar refractivity (Wildman–Crippen MR) is 136 cm³/mol. The standard InChI is InChI=1S/C24H38N4O6S/c1-5-14(4)20(28-21(30)17(25)10-13(2)3)23(32)27-19(12-35)22(31)26-18(24(33)34)11-15-6-8-16(29)9-7-15/h6-9,13-14,17-20,29,35H,5,10-12,25H2,1-4H3,(H,26,31)(H,27,32)(H,28,30)(H,33,34). The fourth-order valence-corrected chi connectivity index (χ4v) is 3.63. The Labute approximate surface area is 211 Å². The number of carbonyl (C=O) groups excluding carboxylic acids is 3. The van der Waals surface area contributed by atoms with Crippen LogP contribution in [0.2, 0.25) is 0 Å². The maximum absolute atomic E-state index is 13.0. The number of phenols is 1. The zero-order valence-corrected chi connectivity index (χ0v) is 21.5. The largest absolute Gasteiger partial charge is 0.508 e. The van der Waals surface area contributed by atoms with Crippen LogP contribution in [0.1, 0.15) is 46.1 Å². The summed E-state index contributed by atoms with van der Waals surface area (Å²) in [6, 6.07) is 1.87. The van der Waals surface area contributed by atoms with Crippen molar-refractivity contribution in [2.45, 2.75) is 71.1 Å². The van der Waals surface area contributed by atoms with E-state index in [9.17, 15) is 29.4 Å². The summed E-state index contributed by atoms with van der Waals surface area (Å²) in [5.74, 6) is -3.09. The van der Waals surface area contributed by atoms with E-state index in [1.165, 1.54) is 12.1 Å². The third-order valence-electron chi connectivity index (χ3n) is 5.66. The van der Waals surface area contributed by atoms with Crippen LogP contribution in [0.4, 0.5) is 0 Å². The number of hydrogen-bond acceptors (Lipinski definition) is 7. The van der Waals surface area contributed by atoms with Crippen LogP contribution in [-0.4, -0.2) is 63.8 Å². The van der Waals surface area contributed by atoms with Gasteiger partial charge in [-0.05, 0) is 36.0 Å². The van der Waals surface area contributed by atoms with Crippen molar-refractivity contribution in [1.29, 1.82) is 0 Å². The third kappa shape index (κ3) is 10.2. The van der Waals surface area contributed by atoms with Crippen LogP contribution in [0.15, 0.2) is 24.3 Å². The molecule has 0 bridgehead atoms. The van der Waals surface area contributed by atoms with Crippen LogP contribution in [0.5, 0.6) is 5.75 Å². The van der Waals surface area contributed by atoms with E-state index in [1.807, 2.05) is 20.8 Å². The molecule has 0 aliphatic rings. The van der Waals surface area contributed by atoms with Gasteiger partial charge < -0.3 is 31.9 Å². The van der Waals surface area contributed by atoms with Gasteiger partial charge in [-0.3, -0.25) is 14.4 Å². The molecule has 10 nitrogen and oxygen atoms in total. The van der Waals surface area contributed by atoms with E-state index in [2.05, 4.69) is 28.6 Å². The zero-order valence-electron chi connectivity index (χ0n) is 20.7. The molecule has 0 heterocycles. The van der Waals surface area contributed by atoms with E-state index in [4.69, 9.17) is 5.73 Å². The van der Waals surface area contributed by atoms with E-state index in [0.717, 1.165) is 0 Å². The van der Waals surface area contributed by atoms with Gasteiger partial charge in [0.25, 0.3) is 0 Å². The van der Waals surface area contributed by atoms with Crippen LogP contribution >= 0.6 is 12.6 Å². The molecule has 0 aliphatic heterocycles. The first-order valence-corrected chi connectivity index (χ1v) is 12.3. The van der Waals surface area contributed by atoms with Gasteiger partial charge in [-0.2, -0.15) is 12.6 Å². The molecule has 1 aromatic rings. The molecule has 11 heteroatoms. The quantitative estimate of drug-likeness (QED) is 0.182. The minimum absolute atomic E-state index is 0.0200. The molecule has 0 radical (unpaired) electrons. The Balaban J connectivity index is 2.90. The van der Waals surface area contributed by atoms with Crippen LogP contribution in [0.25, 0.3) is 0 Å². The van der Waals surface area contributed by atoms with Crippen molar-refractivity contribution in [3.8, 4) is 5.75 Å². The predicted octanol–water partition coefficient (Wildman–Crippen LogP) is 0.823. The highest BCUT2D eigenvalue weighted by molar-refractivity contribution is 7.80. The number of carboxylic acids is 1. The Kier molecular flexibility index (Phi) is 12.6. The monoisotopic (exact) mass is 510 g/mol. The molecule has 0 aliphatic carbocycles. The molecule has 0 aromatic heterocycles. The maximum Gasteiger partial charge on any atom is 0.326 e. The molecule has 5 atom stereocenters. The first-order valence-electron chi connectivity index (χ1n) is 11.7. The Morgan fingerprint density at radius 1 is 0.943 bits per heavy atom. The lowest BCUT2D eigenvalue weighted by molar-refractivity contribution is -0.142. The fraction of sp³-hybridized carbons (Fsp3) is 0.583. The topological polar surface area (TPSA) is 171 Å². The van der Waals surface area contributed by atoms with Crippen molar-refractivity contribution in [3.05, 3.63) is 29.8 Å². The molecule has 196 valence electrons. The normalized spacial score (nSPS) is 15.4. The number of benzene rings is 1. The molecule has 0 saturated heterocycles. The summed E-state index contributed by atoms with van der Waals surface area (Å²) in [6.45, 7) is 7.54. The first-order chi connectivity index (χ1) is 16.4. The summed E-state index contributed by atoms with van der Waals surface area (Å²) in [5, 5.41) is 26.6. The minimum Gasteiger partial charge on any atom is -0.508 e. The Morgan fingerprint density at radius 3 is 2.00 bits per heavy atom. The lowest BCUT2D eigenvalue weighted by atomic mass is 9.96. The second kappa shape index (κ2) is 14.6. The van der Waals surface area contributed by atoms with E-state index < -0.39 is 47.9 Å². The number of nitrogens with one attached hydrogen (secondary N) is 3. The average molecular weight is 511 g/mol. The molecule has 35 heavy (non-hydrogen) atoms. The number of aromatic hydroxyl groups is 1. The molecule has 1 rings (SSSR count). The van der Waals surface area contributed by atoms with E-state index >= 15 is 0 Å². The van der Waals surface area contributed by atoms with Crippen molar-refractivity contribution >= 4 is 36.3 Å². The van der Waals surface area contributed by atoms with Crippen molar-refractivity contribution in [2.24, 2.45) is 17.6 Å². The van der Waals surface area contributed by atoms with Gasteiger partial charge in [0.15, 0.2) is 0 Å². The van der Waals surface area contributed by atoms with E-state index in [0.29, 0.717) is 18.4 Å². The third-order valence-corrected chi connectivity index (χ3v) is 6.03. The molecule has 0 fully saturated rings. The van der Waals surface area contributed by atoms with Crippen LogP contribution < -0.4 is 21.7 Å². The highest BCUT2D eigenvalue weighted by atomic mass is 32.1. The van der Waals surface area contributed by atoms with Gasteiger partial charge >= 0.3 is 5.97 Å². The van der Waals surface area contributed by atoms with Gasteiger partial charge in [0.05, 0.1) is 6.04 Å². The average Bonchev–Trinajstić information content (AvgIpc) is 2.80. The lowest BCUT2D eigenvalue weighted by Crippen LogP contribution is -2.59. The Hall–Kier alpha value is -2.79. The smallest absolute Gasteiger partial charge is 0.326 e. The molecule has 0 spiro atoms. The van der Waals surface area contributed by atoms with Gasteiger partial charge in [-0.1, -0.05) is 46.2 Å². The summed E-state index contributed by atoms with van der Waals surface area (Å²) >= 11 is 4.14. The number of nitrogens with two attached hydrogens (primary N) is 1. The summed E-state index contributed by atoms with van der Waals surface area (Å²) in [5.41, 5.74) is 6.55. The van der Waals surface area contributed by atoms with E-state index in [1.54, 1.807) is 19.1 Å². The number of aliphatic carboxylic acids is 1. The number of carboxylic acid groups (broad SMARTS) is 1. The van der Waals surface area contributed by atoms with Crippen molar-refractivity contribution in [3.63, 3.8) is 0 Å². The summed E-state index contributed by atoms with van der Waals surface area (Å²) < 4.78 is 0. The minimum atomic E-state index is -1.26. The van der Waals surface area contributed by atoms with E-state index in [-0.39, 0.29) is 29.8 Å². The number of amides is 3. The van der Waals surface area contributed by atoms with Crippen LogP contribution in [0, 0.1) is 11.8 Å². The summed E-state index contributed by atoms with van der Waals surface area (Å²) in [6.07, 6.45) is 1.02. The molecular formula is C24H38N4O6S. The number of carbonyl (C=O) groups is 4. The number of rotatable bonds is 14. The highest BCUT2D eigenvalue weighted by Crippen LogP contribution is 2.13. The van der Waals surface area contributed by atoms with Gasteiger partial charge in [-0.25, -0.2) is 4.79 Å². The summed E-state index contributed by atoms with van der Waals surface area (Å²) in [4.78, 5) is 50.1. The van der Waals surface area contributed by atoms with Gasteiger partial charge in [0.1, 0.15) is 23.9 Å². The fourth-order valence-electron chi connectivity index (χ4n) is 3.37. The van der Waals surface area contributed by atoms with Crippen molar-refractivity contribution in [2.75, 3.05) is 5.75 Å². The second-order valence-electron chi connectivity index (χ2n) is 9.12. The van der Waals surface area contributed by atoms with Gasteiger partial charge in [0.2, 0.25) is 17.7 Å².